The van der Waals surface area contributed by atoms with Gasteiger partial charge in [0.15, 0.2) is 5.96 Å². The Bertz CT molecular complexity index is 512. The number of fused-ring (bicyclic) bond motifs is 1. The average Bonchev–Trinajstić information content (AvgIpc) is 3.04. The third kappa shape index (κ3) is 3.12. The Morgan fingerprint density at radius 1 is 1.35 bits per heavy atom. The van der Waals surface area contributed by atoms with Gasteiger partial charge in [0.1, 0.15) is 0 Å². The summed E-state index contributed by atoms with van der Waals surface area (Å²) in [5, 5.41) is 3.18. The summed E-state index contributed by atoms with van der Waals surface area (Å²) in [5.41, 5.74) is 9.89. The Labute approximate surface area is 120 Å². The Balaban J connectivity index is 1.56. The molecule has 0 radical (unpaired) electrons. The van der Waals surface area contributed by atoms with Crippen molar-refractivity contribution in [2.75, 3.05) is 11.9 Å². The van der Waals surface area contributed by atoms with Gasteiger partial charge in [-0.1, -0.05) is 6.07 Å². The molecule has 1 fully saturated rings. The molecule has 2 atom stereocenters. The molecule has 1 saturated heterocycles. The predicted octanol–water partition coefficient (Wildman–Crippen LogP) is 2.47. The number of ether oxygens (including phenoxy) is 1. The van der Waals surface area contributed by atoms with Gasteiger partial charge in [-0.2, -0.15) is 0 Å². The second kappa shape index (κ2) is 5.83. The number of rotatable bonds is 3. The van der Waals surface area contributed by atoms with Crippen LogP contribution in [0.15, 0.2) is 23.2 Å². The molecule has 0 spiro atoms. The zero-order valence-electron chi connectivity index (χ0n) is 12.1. The molecule has 0 saturated carbocycles. The molecule has 4 nitrogen and oxygen atoms in total. The number of nitrogens with one attached hydrogen (secondary N) is 1. The maximum atomic E-state index is 5.95. The van der Waals surface area contributed by atoms with E-state index >= 15 is 0 Å². The largest absolute Gasteiger partial charge is 0.373 e. The number of nitrogens with zero attached hydrogens (tertiary/aromatic N) is 1. The first-order valence-electron chi connectivity index (χ1n) is 7.55. The van der Waals surface area contributed by atoms with Gasteiger partial charge in [0.2, 0.25) is 0 Å². The summed E-state index contributed by atoms with van der Waals surface area (Å²) >= 11 is 0. The minimum absolute atomic E-state index is 0.227. The summed E-state index contributed by atoms with van der Waals surface area (Å²) in [6.45, 7) is 2.75. The zero-order valence-corrected chi connectivity index (χ0v) is 12.1. The first-order valence-corrected chi connectivity index (χ1v) is 7.55. The van der Waals surface area contributed by atoms with Gasteiger partial charge in [-0.05, 0) is 62.3 Å². The first kappa shape index (κ1) is 13.4. The number of benzene rings is 1. The molecule has 1 heterocycles. The van der Waals surface area contributed by atoms with Crippen LogP contribution in [-0.4, -0.2) is 24.7 Å². The molecule has 1 aromatic rings. The van der Waals surface area contributed by atoms with E-state index in [9.17, 15) is 0 Å². The van der Waals surface area contributed by atoms with E-state index in [1.165, 1.54) is 30.4 Å². The SMILES string of the molecule is CC1CCC(CN=C(N)Nc2ccc3c(c2)CCC3)O1. The number of anilines is 1. The highest BCUT2D eigenvalue weighted by atomic mass is 16.5. The molecule has 2 unspecified atom stereocenters. The normalized spacial score (nSPS) is 25.8. The van der Waals surface area contributed by atoms with Crippen molar-refractivity contribution in [2.24, 2.45) is 10.7 Å². The summed E-state index contributed by atoms with van der Waals surface area (Å²) in [7, 11) is 0. The molecule has 2 aliphatic rings. The zero-order chi connectivity index (χ0) is 13.9. The highest BCUT2D eigenvalue weighted by Gasteiger charge is 2.21. The fraction of sp³-hybridized carbons (Fsp3) is 0.562. The number of hydrogen-bond acceptors (Lipinski definition) is 2. The Morgan fingerprint density at radius 2 is 2.20 bits per heavy atom. The van der Waals surface area contributed by atoms with Crippen molar-refractivity contribution in [3.05, 3.63) is 29.3 Å². The lowest BCUT2D eigenvalue weighted by molar-refractivity contribution is 0.0615. The molecule has 1 aliphatic heterocycles. The summed E-state index contributed by atoms with van der Waals surface area (Å²) < 4.78 is 5.73. The molecular weight excluding hydrogens is 250 g/mol. The van der Waals surface area contributed by atoms with Crippen LogP contribution in [0.2, 0.25) is 0 Å². The highest BCUT2D eigenvalue weighted by molar-refractivity contribution is 5.92. The number of aliphatic imine (C=N–C) groups is 1. The van der Waals surface area contributed by atoms with E-state index in [2.05, 4.69) is 35.4 Å². The van der Waals surface area contributed by atoms with E-state index in [-0.39, 0.29) is 6.10 Å². The van der Waals surface area contributed by atoms with Gasteiger partial charge in [0.05, 0.1) is 18.8 Å². The molecule has 1 aliphatic carbocycles. The molecule has 1 aromatic carbocycles. The molecule has 3 rings (SSSR count). The van der Waals surface area contributed by atoms with Gasteiger partial charge in [0.25, 0.3) is 0 Å². The maximum Gasteiger partial charge on any atom is 0.193 e. The number of hydrogen-bond donors (Lipinski definition) is 2. The van der Waals surface area contributed by atoms with E-state index in [0.717, 1.165) is 18.5 Å². The van der Waals surface area contributed by atoms with E-state index < -0.39 is 0 Å². The minimum atomic E-state index is 0.227. The van der Waals surface area contributed by atoms with Gasteiger partial charge in [0, 0.05) is 5.69 Å². The van der Waals surface area contributed by atoms with Gasteiger partial charge in [-0.15, -0.1) is 0 Å². The van der Waals surface area contributed by atoms with Crippen molar-refractivity contribution in [3.8, 4) is 0 Å². The smallest absolute Gasteiger partial charge is 0.193 e. The number of guanidine groups is 1. The van der Waals surface area contributed by atoms with Gasteiger partial charge in [-0.3, -0.25) is 4.99 Å². The Hall–Kier alpha value is -1.55. The van der Waals surface area contributed by atoms with Crippen LogP contribution in [-0.2, 0) is 17.6 Å². The van der Waals surface area contributed by atoms with Crippen molar-refractivity contribution in [1.82, 2.24) is 0 Å². The van der Waals surface area contributed by atoms with Crippen LogP contribution >= 0.6 is 0 Å². The topological polar surface area (TPSA) is 59.6 Å². The van der Waals surface area contributed by atoms with Crippen molar-refractivity contribution >= 4 is 11.6 Å². The molecule has 0 bridgehead atoms. The third-order valence-corrected chi connectivity index (χ3v) is 4.16. The summed E-state index contributed by atoms with van der Waals surface area (Å²) in [4.78, 5) is 4.39. The van der Waals surface area contributed by atoms with Crippen molar-refractivity contribution < 1.29 is 4.74 Å². The van der Waals surface area contributed by atoms with Crippen LogP contribution in [0.25, 0.3) is 0 Å². The summed E-state index contributed by atoms with van der Waals surface area (Å²) in [6.07, 6.45) is 6.44. The van der Waals surface area contributed by atoms with Crippen LogP contribution in [0.1, 0.15) is 37.3 Å². The monoisotopic (exact) mass is 273 g/mol. The van der Waals surface area contributed by atoms with Gasteiger partial charge in [-0.25, -0.2) is 0 Å². The van der Waals surface area contributed by atoms with Crippen LogP contribution < -0.4 is 11.1 Å². The van der Waals surface area contributed by atoms with E-state index in [4.69, 9.17) is 10.5 Å². The number of aryl methyl sites for hydroxylation is 2. The van der Waals surface area contributed by atoms with Crippen molar-refractivity contribution in [3.63, 3.8) is 0 Å². The Kier molecular flexibility index (Phi) is 3.92. The molecule has 3 N–H and O–H groups in total. The van der Waals surface area contributed by atoms with Crippen LogP contribution in [0, 0.1) is 0 Å². The lowest BCUT2D eigenvalue weighted by Gasteiger charge is -2.10. The summed E-state index contributed by atoms with van der Waals surface area (Å²) in [6, 6.07) is 6.47. The van der Waals surface area contributed by atoms with Gasteiger partial charge < -0.3 is 15.8 Å². The fourth-order valence-electron chi connectivity index (χ4n) is 3.06. The molecule has 20 heavy (non-hydrogen) atoms. The molecule has 0 amide bonds. The van der Waals surface area contributed by atoms with E-state index in [1.807, 2.05) is 0 Å². The standard InChI is InChI=1S/C16H23N3O/c1-11-5-8-15(20-11)10-18-16(17)19-14-7-6-12-3-2-4-13(12)9-14/h6-7,9,11,15H,2-5,8,10H2,1H3,(H3,17,18,19). The first-order chi connectivity index (χ1) is 9.70. The van der Waals surface area contributed by atoms with E-state index in [0.29, 0.717) is 18.6 Å². The van der Waals surface area contributed by atoms with Crippen molar-refractivity contribution in [1.29, 1.82) is 0 Å². The quantitative estimate of drug-likeness (QED) is 0.657. The fourth-order valence-corrected chi connectivity index (χ4v) is 3.06. The Morgan fingerprint density at radius 3 is 3.00 bits per heavy atom. The number of nitrogens with two attached hydrogens (primary N) is 1. The van der Waals surface area contributed by atoms with Crippen LogP contribution in [0.3, 0.4) is 0 Å². The molecule has 0 aromatic heterocycles. The second-order valence-corrected chi connectivity index (χ2v) is 5.83. The predicted molar refractivity (Wildman–Crippen MR) is 82.1 cm³/mol. The molecular formula is C16H23N3O. The van der Waals surface area contributed by atoms with Crippen LogP contribution in [0.5, 0.6) is 0 Å². The second-order valence-electron chi connectivity index (χ2n) is 5.83. The van der Waals surface area contributed by atoms with Crippen molar-refractivity contribution in [2.45, 2.75) is 51.2 Å². The average molecular weight is 273 g/mol. The van der Waals surface area contributed by atoms with E-state index in [1.54, 1.807) is 0 Å². The lowest BCUT2D eigenvalue weighted by atomic mass is 10.1. The lowest BCUT2D eigenvalue weighted by Crippen LogP contribution is -2.25. The summed E-state index contributed by atoms with van der Waals surface area (Å²) in [5.74, 6) is 0.478. The maximum absolute atomic E-state index is 5.95. The molecule has 4 heteroatoms. The van der Waals surface area contributed by atoms with Crippen LogP contribution in [0.4, 0.5) is 5.69 Å². The third-order valence-electron chi connectivity index (χ3n) is 4.16. The minimum Gasteiger partial charge on any atom is -0.373 e. The van der Waals surface area contributed by atoms with Gasteiger partial charge >= 0.3 is 0 Å². The molecule has 108 valence electrons. The highest BCUT2D eigenvalue weighted by Crippen LogP contribution is 2.24.